The number of nitrogens with zero attached hydrogens (tertiary/aromatic N) is 1. The van der Waals surface area contributed by atoms with Crippen LogP contribution in [-0.4, -0.2) is 28.8 Å². The van der Waals surface area contributed by atoms with E-state index >= 15 is 0 Å². The number of hydrogen-bond acceptors (Lipinski definition) is 5. The van der Waals surface area contributed by atoms with Crippen LogP contribution in [0.3, 0.4) is 0 Å². The standard InChI is InChI=1S/C18H11NO5S/c19-8-10-1-3-11(4-2-10)12-5-6-13-14(7-12)25-17(18(22)23)16(13)24-9-15(20)21/h1-7H,9H2,(H,20,21)(H,22,23). The highest BCUT2D eigenvalue weighted by Crippen LogP contribution is 2.39. The van der Waals surface area contributed by atoms with Crippen LogP contribution in [0, 0.1) is 11.3 Å². The smallest absolute Gasteiger partial charge is 0.349 e. The fraction of sp³-hybridized carbons (Fsp3) is 0.0556. The molecule has 0 amide bonds. The monoisotopic (exact) mass is 353 g/mol. The molecule has 124 valence electrons. The number of carboxylic acid groups (broad SMARTS) is 2. The molecule has 25 heavy (non-hydrogen) atoms. The molecule has 3 aromatic rings. The van der Waals surface area contributed by atoms with E-state index in [1.807, 2.05) is 18.2 Å². The van der Waals surface area contributed by atoms with E-state index in [1.54, 1.807) is 24.3 Å². The van der Waals surface area contributed by atoms with E-state index in [1.165, 1.54) is 0 Å². The molecular weight excluding hydrogens is 342 g/mol. The third-order valence-electron chi connectivity index (χ3n) is 3.53. The quantitative estimate of drug-likeness (QED) is 0.725. The number of aliphatic carboxylic acids is 1. The molecule has 0 saturated carbocycles. The van der Waals surface area contributed by atoms with Gasteiger partial charge in [0.2, 0.25) is 0 Å². The second-order valence-electron chi connectivity index (χ2n) is 5.15. The molecule has 2 aromatic carbocycles. The molecule has 1 aromatic heterocycles. The van der Waals surface area contributed by atoms with Gasteiger partial charge in [0.1, 0.15) is 0 Å². The van der Waals surface area contributed by atoms with Crippen molar-refractivity contribution in [3.8, 4) is 22.9 Å². The zero-order chi connectivity index (χ0) is 18.0. The van der Waals surface area contributed by atoms with Crippen molar-refractivity contribution < 1.29 is 24.5 Å². The molecule has 0 bridgehead atoms. The van der Waals surface area contributed by atoms with Gasteiger partial charge in [0.25, 0.3) is 0 Å². The molecule has 2 N–H and O–H groups in total. The molecule has 0 atom stereocenters. The van der Waals surface area contributed by atoms with Crippen molar-refractivity contribution in [2.75, 3.05) is 6.61 Å². The Labute approximate surface area is 146 Å². The van der Waals surface area contributed by atoms with Crippen molar-refractivity contribution in [2.45, 2.75) is 0 Å². The van der Waals surface area contributed by atoms with Crippen LogP contribution in [-0.2, 0) is 4.79 Å². The molecule has 7 heteroatoms. The fourth-order valence-corrected chi connectivity index (χ4v) is 3.43. The Morgan fingerprint density at radius 3 is 2.36 bits per heavy atom. The van der Waals surface area contributed by atoms with E-state index in [4.69, 9.17) is 15.1 Å². The van der Waals surface area contributed by atoms with Gasteiger partial charge in [0.05, 0.1) is 11.6 Å². The summed E-state index contributed by atoms with van der Waals surface area (Å²) < 4.78 is 5.86. The van der Waals surface area contributed by atoms with Gasteiger partial charge in [-0.05, 0) is 35.4 Å². The summed E-state index contributed by atoms with van der Waals surface area (Å²) >= 11 is 1.03. The molecule has 0 saturated heterocycles. The topological polar surface area (TPSA) is 108 Å². The predicted octanol–water partition coefficient (Wildman–Crippen LogP) is 3.60. The first-order chi connectivity index (χ1) is 12.0. The highest BCUT2D eigenvalue weighted by molar-refractivity contribution is 7.21. The van der Waals surface area contributed by atoms with Gasteiger partial charge in [-0.1, -0.05) is 18.2 Å². The lowest BCUT2D eigenvalue weighted by atomic mass is 10.0. The summed E-state index contributed by atoms with van der Waals surface area (Å²) in [6.07, 6.45) is 0. The summed E-state index contributed by atoms with van der Waals surface area (Å²) in [5, 5.41) is 27.5. The highest BCUT2D eigenvalue weighted by Gasteiger charge is 2.20. The van der Waals surface area contributed by atoms with Gasteiger partial charge in [0, 0.05) is 10.1 Å². The number of fused-ring (bicyclic) bond motifs is 1. The Morgan fingerprint density at radius 1 is 1.08 bits per heavy atom. The molecule has 0 fully saturated rings. The van der Waals surface area contributed by atoms with E-state index < -0.39 is 18.5 Å². The summed E-state index contributed by atoms with van der Waals surface area (Å²) in [6, 6.07) is 14.4. The Hall–Kier alpha value is -3.37. The predicted molar refractivity (Wildman–Crippen MR) is 92.1 cm³/mol. The molecule has 0 aliphatic heterocycles. The number of carboxylic acids is 2. The van der Waals surface area contributed by atoms with Gasteiger partial charge in [-0.25, -0.2) is 9.59 Å². The number of aromatic carboxylic acids is 1. The molecule has 6 nitrogen and oxygen atoms in total. The number of ether oxygens (including phenoxy) is 1. The minimum Gasteiger partial charge on any atom is -0.479 e. The minimum atomic E-state index is -1.18. The third kappa shape index (κ3) is 3.29. The second-order valence-corrected chi connectivity index (χ2v) is 6.20. The van der Waals surface area contributed by atoms with E-state index in [9.17, 15) is 14.7 Å². The maximum atomic E-state index is 11.4. The van der Waals surface area contributed by atoms with Crippen molar-refractivity contribution in [2.24, 2.45) is 0 Å². The van der Waals surface area contributed by atoms with E-state index in [0.29, 0.717) is 15.6 Å². The third-order valence-corrected chi connectivity index (χ3v) is 4.65. The zero-order valence-electron chi connectivity index (χ0n) is 12.7. The number of carbonyl (C=O) groups is 2. The average Bonchev–Trinajstić information content (AvgIpc) is 2.98. The average molecular weight is 353 g/mol. The lowest BCUT2D eigenvalue weighted by Crippen LogP contribution is -2.10. The molecule has 3 rings (SSSR count). The molecule has 0 unspecified atom stereocenters. The van der Waals surface area contributed by atoms with Gasteiger partial charge >= 0.3 is 11.9 Å². The molecule has 0 aliphatic carbocycles. The normalized spacial score (nSPS) is 10.4. The van der Waals surface area contributed by atoms with Crippen molar-refractivity contribution in [1.29, 1.82) is 5.26 Å². The summed E-state index contributed by atoms with van der Waals surface area (Å²) in [6.45, 7) is -0.608. The van der Waals surface area contributed by atoms with Crippen molar-refractivity contribution in [1.82, 2.24) is 0 Å². The first-order valence-corrected chi connectivity index (χ1v) is 7.96. The van der Waals surface area contributed by atoms with E-state index in [2.05, 4.69) is 6.07 Å². The molecular formula is C18H11NO5S. The molecule has 0 spiro atoms. The zero-order valence-corrected chi connectivity index (χ0v) is 13.5. The van der Waals surface area contributed by atoms with Crippen LogP contribution < -0.4 is 4.74 Å². The number of nitriles is 1. The Morgan fingerprint density at radius 2 is 1.76 bits per heavy atom. The molecule has 1 heterocycles. The lowest BCUT2D eigenvalue weighted by Gasteiger charge is -2.05. The van der Waals surface area contributed by atoms with Crippen LogP contribution in [0.5, 0.6) is 5.75 Å². The number of thiophene rings is 1. The van der Waals surface area contributed by atoms with Crippen molar-refractivity contribution in [3.63, 3.8) is 0 Å². The van der Waals surface area contributed by atoms with Gasteiger partial charge in [-0.2, -0.15) is 5.26 Å². The molecule has 0 aliphatic rings. The van der Waals surface area contributed by atoms with Crippen LogP contribution >= 0.6 is 11.3 Å². The fourth-order valence-electron chi connectivity index (χ4n) is 2.41. The number of hydrogen-bond donors (Lipinski definition) is 2. The molecule has 0 radical (unpaired) electrons. The summed E-state index contributed by atoms with van der Waals surface area (Å²) in [5.41, 5.74) is 2.30. The van der Waals surface area contributed by atoms with Gasteiger partial charge in [-0.15, -0.1) is 11.3 Å². The summed E-state index contributed by atoms with van der Waals surface area (Å²) in [5.74, 6) is -2.27. The van der Waals surface area contributed by atoms with E-state index in [0.717, 1.165) is 22.5 Å². The maximum absolute atomic E-state index is 11.4. The van der Waals surface area contributed by atoms with E-state index in [-0.39, 0.29) is 10.6 Å². The Balaban J connectivity index is 2.07. The minimum absolute atomic E-state index is 0.0340. The number of rotatable bonds is 5. The first kappa shape index (κ1) is 16.5. The first-order valence-electron chi connectivity index (χ1n) is 7.14. The van der Waals surface area contributed by atoms with Crippen LogP contribution in [0.4, 0.5) is 0 Å². The van der Waals surface area contributed by atoms with Crippen LogP contribution in [0.25, 0.3) is 21.2 Å². The van der Waals surface area contributed by atoms with Gasteiger partial charge < -0.3 is 14.9 Å². The second kappa shape index (κ2) is 6.63. The van der Waals surface area contributed by atoms with Crippen molar-refractivity contribution >= 4 is 33.4 Å². The summed E-state index contributed by atoms with van der Waals surface area (Å²) in [4.78, 5) is 22.1. The number of benzene rings is 2. The van der Waals surface area contributed by atoms with Crippen LogP contribution in [0.15, 0.2) is 42.5 Å². The van der Waals surface area contributed by atoms with Gasteiger partial charge in [0.15, 0.2) is 17.2 Å². The summed E-state index contributed by atoms with van der Waals surface area (Å²) in [7, 11) is 0. The van der Waals surface area contributed by atoms with Gasteiger partial charge in [-0.3, -0.25) is 0 Å². The van der Waals surface area contributed by atoms with Crippen LogP contribution in [0.1, 0.15) is 15.2 Å². The Kier molecular flexibility index (Phi) is 4.37. The lowest BCUT2D eigenvalue weighted by molar-refractivity contribution is -0.139. The highest BCUT2D eigenvalue weighted by atomic mass is 32.1. The maximum Gasteiger partial charge on any atom is 0.349 e. The Bertz CT molecular complexity index is 1010. The SMILES string of the molecule is N#Cc1ccc(-c2ccc3c(OCC(=O)O)c(C(=O)O)sc3c2)cc1. The largest absolute Gasteiger partial charge is 0.479 e. The van der Waals surface area contributed by atoms with Crippen LogP contribution in [0.2, 0.25) is 0 Å². The van der Waals surface area contributed by atoms with Crippen molar-refractivity contribution in [3.05, 3.63) is 52.9 Å².